The molecule has 1 aliphatic carbocycles. The summed E-state index contributed by atoms with van der Waals surface area (Å²) in [5.41, 5.74) is 0.986. The molecule has 0 unspecified atom stereocenters. The number of sulfone groups is 1. The number of aliphatic hydroxyl groups excluding tert-OH is 2. The highest BCUT2D eigenvalue weighted by Gasteiger charge is 2.42. The van der Waals surface area contributed by atoms with Gasteiger partial charge in [-0.1, -0.05) is 5.21 Å². The predicted molar refractivity (Wildman–Crippen MR) is 107 cm³/mol. The van der Waals surface area contributed by atoms with E-state index in [-0.39, 0.29) is 23.0 Å². The first-order valence-electron chi connectivity index (χ1n) is 10.0. The van der Waals surface area contributed by atoms with Gasteiger partial charge in [-0.2, -0.15) is 0 Å². The highest BCUT2D eigenvalue weighted by Crippen LogP contribution is 2.28. The summed E-state index contributed by atoms with van der Waals surface area (Å²) in [5, 5.41) is 31.8. The Bertz CT molecular complexity index is 1000. The van der Waals surface area contributed by atoms with Crippen molar-refractivity contribution in [3.05, 3.63) is 36.2 Å². The molecule has 0 spiro atoms. The minimum absolute atomic E-state index is 0.148. The summed E-state index contributed by atoms with van der Waals surface area (Å²) in [6, 6.07) is -0.606. The monoisotopic (exact) mass is 451 g/mol. The average molecular weight is 452 g/mol. The third-order valence-electron chi connectivity index (χ3n) is 5.77. The van der Waals surface area contributed by atoms with E-state index < -0.39 is 34.0 Å². The highest BCUT2D eigenvalue weighted by atomic mass is 32.2. The SMILES string of the molecule is O=C(N[C@@H]1C[C@H](Cn2cc(CN3CCS(=O)(=O)CC3)nn2)[C@@H](O)[C@H]1O)c1cncnc1. The zero-order valence-electron chi connectivity index (χ0n) is 16.8. The summed E-state index contributed by atoms with van der Waals surface area (Å²) < 4.78 is 24.7. The van der Waals surface area contributed by atoms with Crippen LogP contribution in [0.1, 0.15) is 22.5 Å². The molecule has 2 aromatic rings. The Hall–Kier alpha value is -2.48. The van der Waals surface area contributed by atoms with E-state index in [1.54, 1.807) is 10.9 Å². The van der Waals surface area contributed by atoms with Crippen LogP contribution in [0.2, 0.25) is 0 Å². The Balaban J connectivity index is 1.32. The summed E-state index contributed by atoms with van der Waals surface area (Å²) in [7, 11) is -2.93. The van der Waals surface area contributed by atoms with Gasteiger partial charge in [0.05, 0.1) is 34.9 Å². The lowest BCUT2D eigenvalue weighted by atomic mass is 10.1. The van der Waals surface area contributed by atoms with Crippen LogP contribution in [0.15, 0.2) is 24.9 Å². The van der Waals surface area contributed by atoms with Crippen molar-refractivity contribution >= 4 is 15.7 Å². The van der Waals surface area contributed by atoms with Crippen molar-refractivity contribution < 1.29 is 23.4 Å². The van der Waals surface area contributed by atoms with Gasteiger partial charge >= 0.3 is 0 Å². The topological polar surface area (TPSA) is 163 Å². The zero-order chi connectivity index (χ0) is 22.0. The van der Waals surface area contributed by atoms with Crippen LogP contribution in [0.5, 0.6) is 0 Å². The van der Waals surface area contributed by atoms with Crippen LogP contribution >= 0.6 is 0 Å². The lowest BCUT2D eigenvalue weighted by molar-refractivity contribution is 0.00761. The number of nitrogens with one attached hydrogen (secondary N) is 1. The minimum atomic E-state index is -2.93. The molecule has 4 atom stereocenters. The standard InChI is InChI=1S/C18H25N7O5S/c26-16-12(5-15(17(16)27)21-18(28)13-6-19-11-20-7-13)8-25-10-14(22-23-25)9-24-1-3-31(29,30)4-2-24/h6-7,10-12,15-17,26-27H,1-5,8-9H2,(H,21,28)/t12-,15-,16-,17+/m1/s1. The number of aliphatic hydroxyl groups is 2. The maximum absolute atomic E-state index is 12.3. The molecule has 0 aromatic carbocycles. The third kappa shape index (κ3) is 5.23. The van der Waals surface area contributed by atoms with E-state index in [0.717, 1.165) is 0 Å². The Kier molecular flexibility index (Phi) is 6.27. The number of carbonyl (C=O) groups is 1. The molecule has 3 N–H and O–H groups in total. The van der Waals surface area contributed by atoms with Crippen LogP contribution in [-0.2, 0) is 22.9 Å². The molecular formula is C18H25N7O5S. The summed E-state index contributed by atoms with van der Waals surface area (Å²) in [6.45, 7) is 1.77. The van der Waals surface area contributed by atoms with Gasteiger partial charge in [-0.15, -0.1) is 5.10 Å². The van der Waals surface area contributed by atoms with Gasteiger partial charge in [0.2, 0.25) is 0 Å². The Labute approximate surface area is 179 Å². The fraction of sp³-hybridized carbons (Fsp3) is 0.611. The van der Waals surface area contributed by atoms with Gasteiger partial charge in [-0.25, -0.2) is 18.4 Å². The summed E-state index contributed by atoms with van der Waals surface area (Å²) in [5.74, 6) is -0.434. The molecule has 4 rings (SSSR count). The first kappa shape index (κ1) is 21.7. The van der Waals surface area contributed by atoms with Crippen molar-refractivity contribution in [1.82, 2.24) is 35.2 Å². The van der Waals surface area contributed by atoms with Crippen LogP contribution in [-0.4, -0.2) is 97.2 Å². The number of amides is 1. The summed E-state index contributed by atoms with van der Waals surface area (Å²) in [4.78, 5) is 21.9. The molecule has 2 aliphatic rings. The smallest absolute Gasteiger partial charge is 0.254 e. The normalized spacial score (nSPS) is 28.5. The molecule has 31 heavy (non-hydrogen) atoms. The molecule has 0 radical (unpaired) electrons. The molecule has 1 aliphatic heterocycles. The second kappa shape index (κ2) is 8.94. The van der Waals surface area contributed by atoms with Crippen LogP contribution in [0.3, 0.4) is 0 Å². The molecule has 1 amide bonds. The first-order chi connectivity index (χ1) is 14.8. The molecule has 0 bridgehead atoms. The van der Waals surface area contributed by atoms with Crippen molar-refractivity contribution in [2.24, 2.45) is 5.92 Å². The number of carbonyl (C=O) groups excluding carboxylic acids is 1. The molecule has 1 saturated heterocycles. The number of hydrogen-bond acceptors (Lipinski definition) is 10. The number of hydrogen-bond donors (Lipinski definition) is 3. The third-order valence-corrected chi connectivity index (χ3v) is 7.38. The van der Waals surface area contributed by atoms with Gasteiger partial charge in [0.15, 0.2) is 9.84 Å². The van der Waals surface area contributed by atoms with E-state index in [9.17, 15) is 23.4 Å². The van der Waals surface area contributed by atoms with Gasteiger partial charge in [0.25, 0.3) is 5.91 Å². The Morgan fingerprint density at radius 3 is 2.58 bits per heavy atom. The molecular weight excluding hydrogens is 426 g/mol. The largest absolute Gasteiger partial charge is 0.390 e. The van der Waals surface area contributed by atoms with Gasteiger partial charge in [0, 0.05) is 50.7 Å². The van der Waals surface area contributed by atoms with E-state index in [0.29, 0.717) is 38.3 Å². The maximum atomic E-state index is 12.3. The maximum Gasteiger partial charge on any atom is 0.254 e. The van der Waals surface area contributed by atoms with Crippen molar-refractivity contribution in [3.8, 4) is 0 Å². The van der Waals surface area contributed by atoms with Gasteiger partial charge in [-0.3, -0.25) is 14.4 Å². The molecule has 12 nitrogen and oxygen atoms in total. The number of rotatable bonds is 6. The highest BCUT2D eigenvalue weighted by molar-refractivity contribution is 7.91. The first-order valence-corrected chi connectivity index (χ1v) is 11.9. The van der Waals surface area contributed by atoms with Crippen LogP contribution in [0.4, 0.5) is 0 Å². The van der Waals surface area contributed by atoms with E-state index in [2.05, 4.69) is 25.6 Å². The van der Waals surface area contributed by atoms with E-state index in [1.165, 1.54) is 18.7 Å². The van der Waals surface area contributed by atoms with E-state index >= 15 is 0 Å². The zero-order valence-corrected chi connectivity index (χ0v) is 17.6. The van der Waals surface area contributed by atoms with Crippen LogP contribution < -0.4 is 5.32 Å². The van der Waals surface area contributed by atoms with Crippen molar-refractivity contribution in [2.75, 3.05) is 24.6 Å². The quantitative estimate of drug-likeness (QED) is 0.441. The predicted octanol–water partition coefficient (Wildman–Crippen LogP) is -2.16. The van der Waals surface area contributed by atoms with E-state index in [1.807, 2.05) is 4.90 Å². The van der Waals surface area contributed by atoms with Gasteiger partial charge in [-0.05, 0) is 6.42 Å². The van der Waals surface area contributed by atoms with Crippen molar-refractivity contribution in [1.29, 1.82) is 0 Å². The van der Waals surface area contributed by atoms with Gasteiger partial charge in [0.1, 0.15) is 12.4 Å². The molecule has 2 fully saturated rings. The van der Waals surface area contributed by atoms with Crippen LogP contribution in [0.25, 0.3) is 0 Å². The van der Waals surface area contributed by atoms with Crippen molar-refractivity contribution in [2.45, 2.75) is 37.8 Å². The molecule has 168 valence electrons. The van der Waals surface area contributed by atoms with E-state index in [4.69, 9.17) is 0 Å². The second-order valence-corrected chi connectivity index (χ2v) is 10.3. The summed E-state index contributed by atoms with van der Waals surface area (Å²) >= 11 is 0. The van der Waals surface area contributed by atoms with Gasteiger partial charge < -0.3 is 15.5 Å². The molecule has 3 heterocycles. The fourth-order valence-electron chi connectivity index (χ4n) is 3.99. The van der Waals surface area contributed by atoms with Crippen LogP contribution in [0, 0.1) is 5.92 Å². The fourth-order valence-corrected chi connectivity index (χ4v) is 5.27. The summed E-state index contributed by atoms with van der Waals surface area (Å²) in [6.07, 6.45) is 4.10. The lowest BCUT2D eigenvalue weighted by Gasteiger charge is -2.25. The molecule has 13 heteroatoms. The Morgan fingerprint density at radius 2 is 1.87 bits per heavy atom. The van der Waals surface area contributed by atoms with Crippen molar-refractivity contribution in [3.63, 3.8) is 0 Å². The Morgan fingerprint density at radius 1 is 1.16 bits per heavy atom. The average Bonchev–Trinajstić information content (AvgIpc) is 3.30. The molecule has 1 saturated carbocycles. The number of aromatic nitrogens is 5. The number of nitrogens with zero attached hydrogens (tertiary/aromatic N) is 6. The minimum Gasteiger partial charge on any atom is -0.390 e. The second-order valence-electron chi connectivity index (χ2n) is 8.04. The lowest BCUT2D eigenvalue weighted by Crippen LogP contribution is -2.43. The molecule has 2 aromatic heterocycles.